The van der Waals surface area contributed by atoms with E-state index in [1.807, 2.05) is 24.3 Å². The molecule has 2 N–H and O–H groups in total. The number of nitrogens with one attached hydrogen (secondary N) is 1. The molecule has 35 heavy (non-hydrogen) atoms. The first-order valence-corrected chi connectivity index (χ1v) is 13.1. The molecule has 0 saturated carbocycles. The number of piperidine rings is 1. The van der Waals surface area contributed by atoms with Crippen molar-refractivity contribution in [2.24, 2.45) is 0 Å². The fourth-order valence-corrected chi connectivity index (χ4v) is 5.54. The highest BCUT2D eigenvalue weighted by atomic mass is 79.9. The van der Waals surface area contributed by atoms with Gasteiger partial charge in [-0.25, -0.2) is 8.78 Å². The third-order valence-electron chi connectivity index (χ3n) is 7.10. The van der Waals surface area contributed by atoms with Crippen LogP contribution in [0.25, 0.3) is 0 Å². The quantitative estimate of drug-likeness (QED) is 0.300. The van der Waals surface area contributed by atoms with E-state index >= 15 is 0 Å². The summed E-state index contributed by atoms with van der Waals surface area (Å²) in [4.78, 5) is 2.48. The standard InChI is InChI=1S/C29H33BrF2N2O/c1-21(35)33-29(24-8-10-25(30)11-9-24)16-19-34(20-17-29)18-2-3-28(22-4-12-26(31)13-5-22)23-6-14-27(32)15-7-23/h4-15,21,28,33,35H,2-3,16-20H2,1H3. The Morgan fingerprint density at radius 1 is 0.886 bits per heavy atom. The summed E-state index contributed by atoms with van der Waals surface area (Å²) in [7, 11) is 0. The van der Waals surface area contributed by atoms with E-state index < -0.39 is 6.23 Å². The van der Waals surface area contributed by atoms with Crippen LogP contribution in [-0.4, -0.2) is 35.9 Å². The predicted molar refractivity (Wildman–Crippen MR) is 140 cm³/mol. The Bertz CT molecular complexity index is 1020. The molecule has 1 unspecified atom stereocenters. The summed E-state index contributed by atoms with van der Waals surface area (Å²) in [5.74, 6) is -0.403. The van der Waals surface area contributed by atoms with Crippen molar-refractivity contribution in [2.75, 3.05) is 19.6 Å². The molecule has 3 nitrogen and oxygen atoms in total. The van der Waals surface area contributed by atoms with E-state index in [2.05, 4.69) is 50.4 Å². The molecule has 0 amide bonds. The average molecular weight is 543 g/mol. The number of halogens is 3. The molecule has 1 fully saturated rings. The molecule has 4 rings (SSSR count). The molecule has 0 aliphatic carbocycles. The summed E-state index contributed by atoms with van der Waals surface area (Å²) in [5.41, 5.74) is 3.06. The third kappa shape index (κ3) is 6.76. The summed E-state index contributed by atoms with van der Waals surface area (Å²) < 4.78 is 28.1. The molecule has 0 aromatic heterocycles. The number of rotatable bonds is 9. The van der Waals surface area contributed by atoms with Crippen LogP contribution in [0.3, 0.4) is 0 Å². The number of benzene rings is 3. The molecular weight excluding hydrogens is 510 g/mol. The van der Waals surface area contributed by atoms with E-state index in [1.165, 1.54) is 29.8 Å². The van der Waals surface area contributed by atoms with Crippen molar-refractivity contribution in [3.8, 4) is 0 Å². The Morgan fingerprint density at radius 3 is 1.89 bits per heavy atom. The van der Waals surface area contributed by atoms with Gasteiger partial charge in [0.05, 0.1) is 0 Å². The van der Waals surface area contributed by atoms with Gasteiger partial charge in [-0.15, -0.1) is 0 Å². The molecule has 0 radical (unpaired) electrons. The maximum atomic E-state index is 13.5. The van der Waals surface area contributed by atoms with Crippen LogP contribution >= 0.6 is 15.9 Å². The number of hydrogen-bond acceptors (Lipinski definition) is 3. The predicted octanol–water partition coefficient (Wildman–Crippen LogP) is 6.56. The zero-order valence-electron chi connectivity index (χ0n) is 20.1. The fourth-order valence-electron chi connectivity index (χ4n) is 5.28. The van der Waals surface area contributed by atoms with Gasteiger partial charge in [0.1, 0.15) is 17.9 Å². The smallest absolute Gasteiger partial charge is 0.123 e. The van der Waals surface area contributed by atoms with Crippen LogP contribution in [0.4, 0.5) is 8.78 Å². The molecule has 1 aliphatic heterocycles. The van der Waals surface area contributed by atoms with Gasteiger partial charge in [-0.05, 0) is 92.2 Å². The molecule has 0 spiro atoms. The summed E-state index contributed by atoms with van der Waals surface area (Å²) in [6, 6.07) is 21.7. The van der Waals surface area contributed by atoms with Gasteiger partial charge < -0.3 is 10.0 Å². The Kier molecular flexibility index (Phi) is 8.71. The second-order valence-electron chi connectivity index (χ2n) is 9.55. The minimum absolute atomic E-state index is 0.0970. The lowest BCUT2D eigenvalue weighted by atomic mass is 9.80. The number of hydrogen-bond donors (Lipinski definition) is 2. The van der Waals surface area contributed by atoms with Crippen LogP contribution in [0.1, 0.15) is 55.2 Å². The van der Waals surface area contributed by atoms with Crippen LogP contribution in [0, 0.1) is 11.6 Å². The number of likely N-dealkylation sites (tertiary alicyclic amines) is 1. The zero-order chi connectivity index (χ0) is 24.8. The lowest BCUT2D eigenvalue weighted by molar-refractivity contribution is 0.0596. The second kappa shape index (κ2) is 11.7. The molecule has 1 atom stereocenters. The van der Waals surface area contributed by atoms with Crippen molar-refractivity contribution in [3.05, 3.63) is 106 Å². The molecular formula is C29H33BrF2N2O. The summed E-state index contributed by atoms with van der Waals surface area (Å²) in [5, 5.41) is 13.6. The van der Waals surface area contributed by atoms with Crippen LogP contribution < -0.4 is 5.32 Å². The van der Waals surface area contributed by atoms with E-state index in [0.29, 0.717) is 0 Å². The monoisotopic (exact) mass is 542 g/mol. The largest absolute Gasteiger partial charge is 0.379 e. The van der Waals surface area contributed by atoms with Crippen LogP contribution in [0.5, 0.6) is 0 Å². The molecule has 1 saturated heterocycles. The third-order valence-corrected chi connectivity index (χ3v) is 7.63. The van der Waals surface area contributed by atoms with Gasteiger partial charge in [0.25, 0.3) is 0 Å². The summed E-state index contributed by atoms with van der Waals surface area (Å²) in [6.45, 7) is 4.61. The molecule has 1 aliphatic rings. The fraction of sp³-hybridized carbons (Fsp3) is 0.379. The second-order valence-corrected chi connectivity index (χ2v) is 10.5. The van der Waals surface area contributed by atoms with Crippen LogP contribution in [-0.2, 0) is 5.54 Å². The maximum Gasteiger partial charge on any atom is 0.123 e. The first-order chi connectivity index (χ1) is 16.8. The van der Waals surface area contributed by atoms with E-state index in [9.17, 15) is 13.9 Å². The minimum atomic E-state index is -0.586. The number of aliphatic hydroxyl groups is 1. The normalized spacial score (nSPS) is 17.0. The molecule has 6 heteroatoms. The zero-order valence-corrected chi connectivity index (χ0v) is 21.6. The van der Waals surface area contributed by atoms with E-state index in [0.717, 1.165) is 60.9 Å². The Morgan fingerprint density at radius 2 is 1.40 bits per heavy atom. The summed E-state index contributed by atoms with van der Waals surface area (Å²) >= 11 is 3.51. The van der Waals surface area contributed by atoms with Crippen molar-refractivity contribution in [2.45, 2.75) is 50.3 Å². The van der Waals surface area contributed by atoms with Crippen molar-refractivity contribution >= 4 is 15.9 Å². The lowest BCUT2D eigenvalue weighted by Crippen LogP contribution is -2.53. The molecule has 3 aromatic carbocycles. The number of aliphatic hydroxyl groups excluding tert-OH is 1. The molecule has 1 heterocycles. The van der Waals surface area contributed by atoms with Crippen molar-refractivity contribution in [1.29, 1.82) is 0 Å². The lowest BCUT2D eigenvalue weighted by Gasteiger charge is -2.44. The maximum absolute atomic E-state index is 13.5. The minimum Gasteiger partial charge on any atom is -0.379 e. The van der Waals surface area contributed by atoms with Crippen molar-refractivity contribution in [3.63, 3.8) is 0 Å². The molecule has 186 valence electrons. The van der Waals surface area contributed by atoms with Crippen molar-refractivity contribution < 1.29 is 13.9 Å². The topological polar surface area (TPSA) is 35.5 Å². The van der Waals surface area contributed by atoms with Gasteiger partial charge in [0.2, 0.25) is 0 Å². The SMILES string of the molecule is CC(O)NC1(c2ccc(Br)cc2)CCN(CCCC(c2ccc(F)cc2)c2ccc(F)cc2)CC1. The van der Waals surface area contributed by atoms with Gasteiger partial charge in [-0.2, -0.15) is 0 Å². The van der Waals surface area contributed by atoms with E-state index in [4.69, 9.17) is 0 Å². The molecule has 3 aromatic rings. The first kappa shape index (κ1) is 26.0. The Hall–Kier alpha value is -2.12. The van der Waals surface area contributed by atoms with Gasteiger partial charge in [-0.3, -0.25) is 5.32 Å². The summed E-state index contributed by atoms with van der Waals surface area (Å²) in [6.07, 6.45) is 3.13. The van der Waals surface area contributed by atoms with Gasteiger partial charge in [0.15, 0.2) is 0 Å². The van der Waals surface area contributed by atoms with Crippen molar-refractivity contribution in [1.82, 2.24) is 10.2 Å². The van der Waals surface area contributed by atoms with Gasteiger partial charge >= 0.3 is 0 Å². The van der Waals surface area contributed by atoms with Crippen LogP contribution in [0.2, 0.25) is 0 Å². The first-order valence-electron chi connectivity index (χ1n) is 12.3. The highest BCUT2D eigenvalue weighted by molar-refractivity contribution is 9.10. The highest BCUT2D eigenvalue weighted by Crippen LogP contribution is 2.35. The van der Waals surface area contributed by atoms with Crippen LogP contribution in [0.15, 0.2) is 77.3 Å². The highest BCUT2D eigenvalue weighted by Gasteiger charge is 2.36. The average Bonchev–Trinajstić information content (AvgIpc) is 2.84. The van der Waals surface area contributed by atoms with Gasteiger partial charge in [0, 0.05) is 29.0 Å². The molecule has 0 bridgehead atoms. The Balaban J connectivity index is 1.39. The van der Waals surface area contributed by atoms with E-state index in [-0.39, 0.29) is 23.1 Å². The van der Waals surface area contributed by atoms with Gasteiger partial charge in [-0.1, -0.05) is 52.3 Å². The Labute approximate surface area is 215 Å². The number of nitrogens with zero attached hydrogens (tertiary/aromatic N) is 1. The van der Waals surface area contributed by atoms with E-state index in [1.54, 1.807) is 6.92 Å².